The molecule has 0 radical (unpaired) electrons. The van der Waals surface area contributed by atoms with Gasteiger partial charge in [-0.3, -0.25) is 0 Å². The van der Waals surface area contributed by atoms with Crippen molar-refractivity contribution in [3.63, 3.8) is 0 Å². The fraction of sp³-hybridized carbons (Fsp3) is 0.455. The summed E-state index contributed by atoms with van der Waals surface area (Å²) in [4.78, 5) is 0. The fourth-order valence-electron chi connectivity index (χ4n) is 1.30. The van der Waals surface area contributed by atoms with E-state index in [1.165, 1.54) is 12.1 Å². The Hall–Kier alpha value is -0.890. The zero-order valence-electron chi connectivity index (χ0n) is 8.13. The van der Waals surface area contributed by atoms with E-state index in [-0.39, 0.29) is 11.9 Å². The maximum absolute atomic E-state index is 12.8. The monoisotopic (exact) mass is 181 g/mol. The highest BCUT2D eigenvalue weighted by Gasteiger charge is 2.12. The summed E-state index contributed by atoms with van der Waals surface area (Å²) in [5.74, 6) is 0.179. The Kier molecular flexibility index (Phi) is 3.43. The molecule has 0 aliphatic rings. The third kappa shape index (κ3) is 2.52. The van der Waals surface area contributed by atoms with Crippen LogP contribution in [0.5, 0.6) is 0 Å². The number of rotatable bonds is 3. The Labute approximate surface area is 78.8 Å². The quantitative estimate of drug-likeness (QED) is 0.762. The summed E-state index contributed by atoms with van der Waals surface area (Å²) in [5, 5.41) is 0. The van der Waals surface area contributed by atoms with Gasteiger partial charge in [0, 0.05) is 6.04 Å². The molecule has 1 aromatic carbocycles. The van der Waals surface area contributed by atoms with Crippen molar-refractivity contribution in [2.75, 3.05) is 0 Å². The number of benzene rings is 1. The van der Waals surface area contributed by atoms with Gasteiger partial charge in [0.2, 0.25) is 0 Å². The van der Waals surface area contributed by atoms with Gasteiger partial charge in [0.15, 0.2) is 0 Å². The van der Waals surface area contributed by atoms with E-state index >= 15 is 0 Å². The van der Waals surface area contributed by atoms with Gasteiger partial charge in [-0.15, -0.1) is 0 Å². The smallest absolute Gasteiger partial charge is 0.123 e. The topological polar surface area (TPSA) is 26.0 Å². The minimum Gasteiger partial charge on any atom is -0.324 e. The second kappa shape index (κ2) is 4.38. The summed E-state index contributed by atoms with van der Waals surface area (Å²) >= 11 is 0. The van der Waals surface area contributed by atoms with Gasteiger partial charge in [0.25, 0.3) is 0 Å². The SMILES string of the molecule is CCC(C)[C@H](N)c1cccc(F)c1. The molecule has 1 aromatic rings. The molecule has 0 amide bonds. The van der Waals surface area contributed by atoms with Crippen molar-refractivity contribution in [2.45, 2.75) is 26.3 Å². The second-order valence-corrected chi connectivity index (χ2v) is 3.47. The van der Waals surface area contributed by atoms with Gasteiger partial charge in [-0.1, -0.05) is 32.4 Å². The number of halogens is 1. The first kappa shape index (κ1) is 10.2. The Bertz CT molecular complexity index is 273. The number of hydrogen-bond acceptors (Lipinski definition) is 1. The highest BCUT2D eigenvalue weighted by molar-refractivity contribution is 5.20. The van der Waals surface area contributed by atoms with Crippen LogP contribution in [0.4, 0.5) is 4.39 Å². The van der Waals surface area contributed by atoms with Crippen molar-refractivity contribution >= 4 is 0 Å². The molecule has 0 aromatic heterocycles. The molecule has 13 heavy (non-hydrogen) atoms. The third-order valence-electron chi connectivity index (χ3n) is 2.49. The normalized spacial score (nSPS) is 15.4. The van der Waals surface area contributed by atoms with Crippen molar-refractivity contribution in [1.29, 1.82) is 0 Å². The molecule has 0 spiro atoms. The van der Waals surface area contributed by atoms with E-state index < -0.39 is 0 Å². The van der Waals surface area contributed by atoms with Crippen LogP contribution in [0.2, 0.25) is 0 Å². The van der Waals surface area contributed by atoms with Crippen molar-refractivity contribution in [1.82, 2.24) is 0 Å². The zero-order valence-corrected chi connectivity index (χ0v) is 8.13. The summed E-state index contributed by atoms with van der Waals surface area (Å²) in [7, 11) is 0. The molecule has 0 aliphatic heterocycles. The maximum atomic E-state index is 12.8. The van der Waals surface area contributed by atoms with Crippen LogP contribution in [0.3, 0.4) is 0 Å². The van der Waals surface area contributed by atoms with E-state index in [0.717, 1.165) is 12.0 Å². The molecule has 2 N–H and O–H groups in total. The van der Waals surface area contributed by atoms with Gasteiger partial charge in [0.05, 0.1) is 0 Å². The van der Waals surface area contributed by atoms with Crippen LogP contribution >= 0.6 is 0 Å². The second-order valence-electron chi connectivity index (χ2n) is 3.47. The predicted octanol–water partition coefficient (Wildman–Crippen LogP) is 2.87. The van der Waals surface area contributed by atoms with Crippen LogP contribution in [0.15, 0.2) is 24.3 Å². The standard InChI is InChI=1S/C11H16FN/c1-3-8(2)11(13)9-5-4-6-10(12)7-9/h4-8,11H,3,13H2,1-2H3/t8?,11-/m0/s1. The lowest BCUT2D eigenvalue weighted by Crippen LogP contribution is -2.18. The number of nitrogens with two attached hydrogens (primary N) is 1. The molecule has 1 unspecified atom stereocenters. The zero-order chi connectivity index (χ0) is 9.84. The van der Waals surface area contributed by atoms with E-state index in [9.17, 15) is 4.39 Å². The average molecular weight is 181 g/mol. The van der Waals surface area contributed by atoms with E-state index in [1.54, 1.807) is 6.07 Å². The molecule has 72 valence electrons. The highest BCUT2D eigenvalue weighted by Crippen LogP contribution is 2.21. The summed E-state index contributed by atoms with van der Waals surface area (Å²) in [6, 6.07) is 6.47. The minimum absolute atomic E-state index is 0.0549. The summed E-state index contributed by atoms with van der Waals surface area (Å²) in [6.45, 7) is 4.17. The first-order chi connectivity index (χ1) is 6.15. The molecule has 0 fully saturated rings. The van der Waals surface area contributed by atoms with E-state index in [4.69, 9.17) is 5.73 Å². The van der Waals surface area contributed by atoms with Gasteiger partial charge in [0.1, 0.15) is 5.82 Å². The molecule has 1 nitrogen and oxygen atoms in total. The molecule has 0 aliphatic carbocycles. The molecule has 0 saturated heterocycles. The molecule has 0 saturated carbocycles. The minimum atomic E-state index is -0.212. The van der Waals surface area contributed by atoms with Gasteiger partial charge in [-0.05, 0) is 23.6 Å². The highest BCUT2D eigenvalue weighted by atomic mass is 19.1. The van der Waals surface area contributed by atoms with Crippen LogP contribution in [-0.4, -0.2) is 0 Å². The lowest BCUT2D eigenvalue weighted by molar-refractivity contribution is 0.455. The Morgan fingerprint density at radius 2 is 2.15 bits per heavy atom. The van der Waals surface area contributed by atoms with Crippen LogP contribution in [0.1, 0.15) is 31.9 Å². The predicted molar refractivity (Wildman–Crippen MR) is 52.8 cm³/mol. The summed E-state index contributed by atoms with van der Waals surface area (Å²) in [5.41, 5.74) is 6.83. The van der Waals surface area contributed by atoms with Crippen LogP contribution < -0.4 is 5.73 Å². The van der Waals surface area contributed by atoms with Crippen LogP contribution in [-0.2, 0) is 0 Å². The van der Waals surface area contributed by atoms with Crippen LogP contribution in [0.25, 0.3) is 0 Å². The lowest BCUT2D eigenvalue weighted by atomic mass is 9.93. The molecule has 2 heteroatoms. The Morgan fingerprint density at radius 3 is 2.69 bits per heavy atom. The first-order valence-corrected chi connectivity index (χ1v) is 4.66. The van der Waals surface area contributed by atoms with Crippen molar-refractivity contribution in [3.05, 3.63) is 35.6 Å². The average Bonchev–Trinajstić information content (AvgIpc) is 2.15. The first-order valence-electron chi connectivity index (χ1n) is 4.66. The third-order valence-corrected chi connectivity index (χ3v) is 2.49. The van der Waals surface area contributed by atoms with Crippen LogP contribution in [0, 0.1) is 11.7 Å². The van der Waals surface area contributed by atoms with Gasteiger partial charge >= 0.3 is 0 Å². The Balaban J connectivity index is 2.82. The van der Waals surface area contributed by atoms with E-state index in [0.29, 0.717) is 5.92 Å². The molecule has 0 heterocycles. The Morgan fingerprint density at radius 1 is 1.46 bits per heavy atom. The summed E-state index contributed by atoms with van der Waals surface area (Å²) in [6.07, 6.45) is 1.01. The van der Waals surface area contributed by atoms with Crippen molar-refractivity contribution < 1.29 is 4.39 Å². The molecule has 2 atom stereocenters. The van der Waals surface area contributed by atoms with Gasteiger partial charge in [-0.25, -0.2) is 4.39 Å². The van der Waals surface area contributed by atoms with Gasteiger partial charge < -0.3 is 5.73 Å². The summed E-state index contributed by atoms with van der Waals surface area (Å²) < 4.78 is 12.8. The molecular weight excluding hydrogens is 165 g/mol. The largest absolute Gasteiger partial charge is 0.324 e. The van der Waals surface area contributed by atoms with E-state index in [2.05, 4.69) is 13.8 Å². The fourth-order valence-corrected chi connectivity index (χ4v) is 1.30. The van der Waals surface area contributed by atoms with Gasteiger partial charge in [-0.2, -0.15) is 0 Å². The van der Waals surface area contributed by atoms with Crippen molar-refractivity contribution in [2.24, 2.45) is 11.7 Å². The molecule has 1 rings (SSSR count). The molecule has 0 bridgehead atoms. The van der Waals surface area contributed by atoms with Crippen molar-refractivity contribution in [3.8, 4) is 0 Å². The lowest BCUT2D eigenvalue weighted by Gasteiger charge is -2.18. The van der Waals surface area contributed by atoms with E-state index in [1.807, 2.05) is 6.07 Å². The molecular formula is C11H16FN. The number of hydrogen-bond donors (Lipinski definition) is 1. The maximum Gasteiger partial charge on any atom is 0.123 e.